The summed E-state index contributed by atoms with van der Waals surface area (Å²) in [6.45, 7) is 1.75. The Kier molecular flexibility index (Phi) is 3.20. The summed E-state index contributed by atoms with van der Waals surface area (Å²) in [5.41, 5.74) is 8.61. The fourth-order valence-electron chi connectivity index (χ4n) is 2.41. The minimum atomic E-state index is 0.213. The van der Waals surface area contributed by atoms with E-state index in [0.717, 1.165) is 35.8 Å². The molecule has 5 heteroatoms. The van der Waals surface area contributed by atoms with Gasteiger partial charge in [0, 0.05) is 36.3 Å². The predicted molar refractivity (Wildman–Crippen MR) is 77.1 cm³/mol. The number of nitriles is 1. The van der Waals surface area contributed by atoms with E-state index in [1.807, 2.05) is 23.6 Å². The van der Waals surface area contributed by atoms with Gasteiger partial charge in [-0.05, 0) is 24.6 Å². The molecule has 0 unspecified atom stereocenters. The number of nitrogens with two attached hydrogens (primary N) is 1. The number of hydrogen-bond acceptors (Lipinski definition) is 5. The van der Waals surface area contributed by atoms with Crippen molar-refractivity contribution in [2.75, 3.05) is 18.0 Å². The minimum absolute atomic E-state index is 0.213. The van der Waals surface area contributed by atoms with Crippen LogP contribution in [0.3, 0.4) is 0 Å². The highest BCUT2D eigenvalue weighted by Crippen LogP contribution is 2.29. The lowest BCUT2D eigenvalue weighted by Gasteiger charge is -2.19. The standard InChI is InChI=1S/C14H14N4S/c15-8-11-7-10(14-17-4-6-19-14)1-2-13(11)18-5-3-12(16)9-18/h1-2,4,6-7,12H,3,5,9,16H2/t12-/m0/s1. The average Bonchev–Trinajstić information content (AvgIpc) is 3.09. The molecule has 2 N–H and O–H groups in total. The van der Waals surface area contributed by atoms with Crippen LogP contribution >= 0.6 is 11.3 Å². The summed E-state index contributed by atoms with van der Waals surface area (Å²) in [7, 11) is 0. The molecule has 1 aliphatic heterocycles. The van der Waals surface area contributed by atoms with Gasteiger partial charge in [-0.3, -0.25) is 0 Å². The molecule has 3 rings (SSSR count). The highest BCUT2D eigenvalue weighted by Gasteiger charge is 2.21. The molecule has 0 bridgehead atoms. The van der Waals surface area contributed by atoms with E-state index >= 15 is 0 Å². The number of aromatic nitrogens is 1. The molecular formula is C14H14N4S. The third-order valence-electron chi connectivity index (χ3n) is 3.36. The first-order valence-electron chi connectivity index (χ1n) is 6.22. The zero-order valence-electron chi connectivity index (χ0n) is 10.4. The van der Waals surface area contributed by atoms with E-state index in [0.29, 0.717) is 5.56 Å². The Balaban J connectivity index is 1.97. The summed E-state index contributed by atoms with van der Waals surface area (Å²) in [5.74, 6) is 0. The Morgan fingerprint density at radius 1 is 1.47 bits per heavy atom. The van der Waals surface area contributed by atoms with Gasteiger partial charge in [-0.15, -0.1) is 11.3 Å². The molecule has 0 spiro atoms. The monoisotopic (exact) mass is 270 g/mol. The van der Waals surface area contributed by atoms with Crippen molar-refractivity contribution in [2.24, 2.45) is 5.73 Å². The van der Waals surface area contributed by atoms with Gasteiger partial charge in [0.05, 0.1) is 11.3 Å². The number of thiazole rings is 1. The molecule has 0 amide bonds. The molecule has 0 radical (unpaired) electrons. The third kappa shape index (κ3) is 2.33. The van der Waals surface area contributed by atoms with Crippen molar-refractivity contribution in [2.45, 2.75) is 12.5 Å². The van der Waals surface area contributed by atoms with Crippen molar-refractivity contribution >= 4 is 17.0 Å². The SMILES string of the molecule is N#Cc1cc(-c2nccs2)ccc1N1CC[C@H](N)C1. The Morgan fingerprint density at radius 2 is 2.37 bits per heavy atom. The van der Waals surface area contributed by atoms with Crippen LogP contribution in [-0.4, -0.2) is 24.1 Å². The first-order chi connectivity index (χ1) is 9.28. The summed E-state index contributed by atoms with van der Waals surface area (Å²) >= 11 is 1.58. The van der Waals surface area contributed by atoms with E-state index in [-0.39, 0.29) is 6.04 Å². The zero-order chi connectivity index (χ0) is 13.2. The fraction of sp³-hybridized carbons (Fsp3) is 0.286. The van der Waals surface area contributed by atoms with Crippen molar-refractivity contribution in [1.29, 1.82) is 5.26 Å². The van der Waals surface area contributed by atoms with E-state index in [4.69, 9.17) is 5.73 Å². The van der Waals surface area contributed by atoms with Crippen LogP contribution in [0.1, 0.15) is 12.0 Å². The minimum Gasteiger partial charge on any atom is -0.369 e. The van der Waals surface area contributed by atoms with Crippen LogP contribution in [0.25, 0.3) is 10.6 Å². The van der Waals surface area contributed by atoms with Gasteiger partial charge >= 0.3 is 0 Å². The van der Waals surface area contributed by atoms with Gasteiger partial charge in [0.15, 0.2) is 0 Å². The van der Waals surface area contributed by atoms with Crippen molar-refractivity contribution in [3.8, 4) is 16.6 Å². The number of anilines is 1. The van der Waals surface area contributed by atoms with Gasteiger partial charge in [-0.1, -0.05) is 0 Å². The lowest BCUT2D eigenvalue weighted by molar-refractivity contribution is 0.752. The summed E-state index contributed by atoms with van der Waals surface area (Å²) in [4.78, 5) is 6.47. The highest BCUT2D eigenvalue weighted by atomic mass is 32.1. The van der Waals surface area contributed by atoms with Crippen molar-refractivity contribution in [1.82, 2.24) is 4.98 Å². The van der Waals surface area contributed by atoms with Crippen LogP contribution in [0.5, 0.6) is 0 Å². The van der Waals surface area contributed by atoms with E-state index < -0.39 is 0 Å². The van der Waals surface area contributed by atoms with Gasteiger partial charge in [0.1, 0.15) is 11.1 Å². The average molecular weight is 270 g/mol. The molecule has 4 nitrogen and oxygen atoms in total. The predicted octanol–water partition coefficient (Wildman–Crippen LogP) is 2.22. The van der Waals surface area contributed by atoms with E-state index in [1.54, 1.807) is 17.5 Å². The van der Waals surface area contributed by atoms with E-state index in [9.17, 15) is 5.26 Å². The lowest BCUT2D eigenvalue weighted by atomic mass is 10.1. The second-order valence-electron chi connectivity index (χ2n) is 4.68. The Morgan fingerprint density at radius 3 is 3.00 bits per heavy atom. The molecule has 2 aromatic rings. The molecule has 0 aliphatic carbocycles. The van der Waals surface area contributed by atoms with E-state index in [1.165, 1.54) is 0 Å². The van der Waals surface area contributed by atoms with Crippen LogP contribution in [0, 0.1) is 11.3 Å². The van der Waals surface area contributed by atoms with Crippen LogP contribution in [0.15, 0.2) is 29.8 Å². The molecule has 19 heavy (non-hydrogen) atoms. The van der Waals surface area contributed by atoms with E-state index in [2.05, 4.69) is 16.0 Å². The topological polar surface area (TPSA) is 65.9 Å². The van der Waals surface area contributed by atoms with Gasteiger partial charge in [-0.25, -0.2) is 4.98 Å². The molecule has 1 aromatic heterocycles. The summed E-state index contributed by atoms with van der Waals surface area (Å²) in [6, 6.07) is 8.45. The van der Waals surface area contributed by atoms with Gasteiger partial charge < -0.3 is 10.6 Å². The zero-order valence-corrected chi connectivity index (χ0v) is 11.2. The van der Waals surface area contributed by atoms with Crippen molar-refractivity contribution < 1.29 is 0 Å². The largest absolute Gasteiger partial charge is 0.369 e. The first-order valence-corrected chi connectivity index (χ1v) is 7.10. The maximum absolute atomic E-state index is 9.34. The second-order valence-corrected chi connectivity index (χ2v) is 5.57. The second kappa shape index (κ2) is 5.00. The summed E-state index contributed by atoms with van der Waals surface area (Å²) < 4.78 is 0. The lowest BCUT2D eigenvalue weighted by Crippen LogP contribution is -2.26. The number of nitrogens with zero attached hydrogens (tertiary/aromatic N) is 3. The highest BCUT2D eigenvalue weighted by molar-refractivity contribution is 7.13. The van der Waals surface area contributed by atoms with Crippen LogP contribution in [0.2, 0.25) is 0 Å². The van der Waals surface area contributed by atoms with Crippen LogP contribution in [-0.2, 0) is 0 Å². The summed E-state index contributed by atoms with van der Waals surface area (Å²) in [6.07, 6.45) is 2.76. The summed E-state index contributed by atoms with van der Waals surface area (Å²) in [5, 5.41) is 12.2. The molecule has 1 aliphatic rings. The van der Waals surface area contributed by atoms with Crippen LogP contribution in [0.4, 0.5) is 5.69 Å². The fourth-order valence-corrected chi connectivity index (χ4v) is 3.04. The quantitative estimate of drug-likeness (QED) is 0.908. The van der Waals surface area contributed by atoms with Crippen LogP contribution < -0.4 is 10.6 Å². The Hall–Kier alpha value is -1.90. The Bertz CT molecular complexity index is 615. The molecule has 2 heterocycles. The molecule has 1 aromatic carbocycles. The maximum atomic E-state index is 9.34. The number of rotatable bonds is 2. The van der Waals surface area contributed by atoms with Gasteiger partial charge in [-0.2, -0.15) is 5.26 Å². The van der Waals surface area contributed by atoms with Gasteiger partial charge in [0.2, 0.25) is 0 Å². The normalized spacial score (nSPS) is 18.5. The smallest absolute Gasteiger partial charge is 0.123 e. The van der Waals surface area contributed by atoms with Crippen molar-refractivity contribution in [3.63, 3.8) is 0 Å². The number of hydrogen-bond donors (Lipinski definition) is 1. The molecule has 1 saturated heterocycles. The molecule has 0 saturated carbocycles. The molecule has 1 fully saturated rings. The third-order valence-corrected chi connectivity index (χ3v) is 4.18. The molecule has 1 atom stereocenters. The van der Waals surface area contributed by atoms with Gasteiger partial charge in [0.25, 0.3) is 0 Å². The number of benzene rings is 1. The molecular weight excluding hydrogens is 256 g/mol. The Labute approximate surface area is 116 Å². The maximum Gasteiger partial charge on any atom is 0.123 e. The molecule has 96 valence electrons. The first kappa shape index (κ1) is 12.2. The van der Waals surface area contributed by atoms with Crippen molar-refractivity contribution in [3.05, 3.63) is 35.3 Å².